The summed E-state index contributed by atoms with van der Waals surface area (Å²) < 4.78 is 22.1. The van der Waals surface area contributed by atoms with Gasteiger partial charge < -0.3 is 29.9 Å². The summed E-state index contributed by atoms with van der Waals surface area (Å²) in [6.45, 7) is 4.40. The molecule has 0 unspecified atom stereocenters. The number of amides is 2. The van der Waals surface area contributed by atoms with E-state index in [1.807, 2.05) is 11.6 Å². The van der Waals surface area contributed by atoms with Gasteiger partial charge in [-0.25, -0.2) is 9.18 Å². The Morgan fingerprint density at radius 1 is 1.16 bits per heavy atom. The van der Waals surface area contributed by atoms with Crippen molar-refractivity contribution in [1.82, 2.24) is 24.6 Å². The van der Waals surface area contributed by atoms with Crippen molar-refractivity contribution in [2.75, 3.05) is 44.7 Å². The van der Waals surface area contributed by atoms with Gasteiger partial charge in [-0.3, -0.25) is 14.3 Å². The number of nitrogens with one attached hydrogen (secondary N) is 2. The number of piperidine rings is 1. The molecule has 3 aromatic rings. The van der Waals surface area contributed by atoms with E-state index in [4.69, 9.17) is 9.84 Å². The van der Waals surface area contributed by atoms with Crippen molar-refractivity contribution in [2.45, 2.75) is 31.7 Å². The van der Waals surface area contributed by atoms with Gasteiger partial charge in [0.15, 0.2) is 5.82 Å². The number of morpholine rings is 1. The minimum atomic E-state index is -0.952. The van der Waals surface area contributed by atoms with Crippen molar-refractivity contribution < 1.29 is 23.8 Å². The van der Waals surface area contributed by atoms with Crippen LogP contribution in [0.2, 0.25) is 0 Å². The van der Waals surface area contributed by atoms with Crippen LogP contribution in [0.5, 0.6) is 0 Å². The largest absolute Gasteiger partial charge is 0.465 e. The molecule has 2 aromatic heterocycles. The van der Waals surface area contributed by atoms with Crippen molar-refractivity contribution >= 4 is 34.4 Å². The van der Waals surface area contributed by atoms with Gasteiger partial charge >= 0.3 is 6.09 Å². The first-order valence-electron chi connectivity index (χ1n) is 12.4. The number of carboxylic acid groups (broad SMARTS) is 1. The third-order valence-corrected chi connectivity index (χ3v) is 7.44. The number of aromatic amines is 1. The molecule has 1 aromatic carbocycles. The van der Waals surface area contributed by atoms with E-state index >= 15 is 4.39 Å². The van der Waals surface area contributed by atoms with Crippen LogP contribution < -0.4 is 10.9 Å². The third-order valence-electron chi connectivity index (χ3n) is 7.44. The summed E-state index contributed by atoms with van der Waals surface area (Å²) >= 11 is 0. The molecule has 196 valence electrons. The molecule has 12 heteroatoms. The molecule has 2 amide bonds. The van der Waals surface area contributed by atoms with Crippen molar-refractivity contribution in [3.05, 3.63) is 52.2 Å². The van der Waals surface area contributed by atoms with Crippen LogP contribution in [0.4, 0.5) is 20.7 Å². The Bertz CT molecular complexity index is 1390. The van der Waals surface area contributed by atoms with Gasteiger partial charge in [-0.1, -0.05) is 6.92 Å². The van der Waals surface area contributed by atoms with Crippen molar-refractivity contribution in [3.8, 4) is 0 Å². The molecule has 0 radical (unpaired) electrons. The fourth-order valence-corrected chi connectivity index (χ4v) is 5.20. The number of carbonyl (C=O) groups excluding carboxylic acids is 1. The van der Waals surface area contributed by atoms with E-state index in [0.717, 1.165) is 0 Å². The number of hydrogen-bond donors (Lipinski definition) is 3. The predicted octanol–water partition coefficient (Wildman–Crippen LogP) is 2.96. The molecule has 5 rings (SSSR count). The second kappa shape index (κ2) is 9.85. The summed E-state index contributed by atoms with van der Waals surface area (Å²) in [5.74, 6) is -0.807. The molecule has 0 bridgehead atoms. The van der Waals surface area contributed by atoms with Crippen LogP contribution in [0.25, 0.3) is 10.9 Å². The number of pyridine rings is 1. The normalized spacial score (nSPS) is 17.7. The molecule has 2 saturated heterocycles. The van der Waals surface area contributed by atoms with Gasteiger partial charge in [0.2, 0.25) is 0 Å². The summed E-state index contributed by atoms with van der Waals surface area (Å²) in [6, 6.07) is 5.99. The second-order valence-corrected chi connectivity index (χ2v) is 9.40. The van der Waals surface area contributed by atoms with Gasteiger partial charge in [0.1, 0.15) is 11.2 Å². The topological polar surface area (TPSA) is 133 Å². The Morgan fingerprint density at radius 2 is 1.89 bits per heavy atom. The molecule has 11 nitrogen and oxygen atoms in total. The minimum absolute atomic E-state index is 0.0317. The van der Waals surface area contributed by atoms with Crippen LogP contribution in [0, 0.1) is 5.82 Å². The van der Waals surface area contributed by atoms with Gasteiger partial charge in [0, 0.05) is 38.1 Å². The summed E-state index contributed by atoms with van der Waals surface area (Å²) in [5.41, 5.74) is 0.0989. The number of anilines is 2. The number of H-pyrrole nitrogens is 1. The van der Waals surface area contributed by atoms with Gasteiger partial charge in [0.25, 0.3) is 11.5 Å². The van der Waals surface area contributed by atoms with E-state index in [0.29, 0.717) is 75.2 Å². The first-order chi connectivity index (χ1) is 17.8. The van der Waals surface area contributed by atoms with E-state index in [9.17, 15) is 19.5 Å². The zero-order valence-electron chi connectivity index (χ0n) is 20.5. The predicted molar refractivity (Wildman–Crippen MR) is 134 cm³/mol. The average molecular weight is 513 g/mol. The molecule has 0 atom stereocenters. The Labute approximate surface area is 211 Å². The maximum atomic E-state index is 15.0. The molecule has 2 fully saturated rings. The van der Waals surface area contributed by atoms with Gasteiger partial charge in [-0.05, 0) is 43.5 Å². The summed E-state index contributed by atoms with van der Waals surface area (Å²) in [5, 5.41) is 17.5. The van der Waals surface area contributed by atoms with Crippen LogP contribution in [0.15, 0.2) is 35.3 Å². The van der Waals surface area contributed by atoms with Crippen LogP contribution in [-0.2, 0) is 10.3 Å². The number of carbonyl (C=O) groups is 2. The molecule has 2 aliphatic heterocycles. The van der Waals surface area contributed by atoms with Crippen molar-refractivity contribution in [2.24, 2.45) is 0 Å². The monoisotopic (exact) mass is 512 g/mol. The van der Waals surface area contributed by atoms with Gasteiger partial charge in [-0.15, -0.1) is 0 Å². The maximum Gasteiger partial charge on any atom is 0.407 e. The lowest BCUT2D eigenvalue weighted by Crippen LogP contribution is -2.47. The lowest BCUT2D eigenvalue weighted by atomic mass is 9.85. The zero-order chi connectivity index (χ0) is 26.2. The van der Waals surface area contributed by atoms with Crippen LogP contribution in [0.1, 0.15) is 36.5 Å². The Morgan fingerprint density at radius 3 is 2.54 bits per heavy atom. The lowest BCUT2D eigenvalue weighted by molar-refractivity contribution is 0.0300. The Hall–Kier alpha value is -3.93. The van der Waals surface area contributed by atoms with Gasteiger partial charge in [0.05, 0.1) is 29.8 Å². The number of halogens is 1. The lowest BCUT2D eigenvalue weighted by Gasteiger charge is -2.41. The molecule has 4 heterocycles. The highest BCUT2D eigenvalue weighted by molar-refractivity contribution is 5.95. The summed E-state index contributed by atoms with van der Waals surface area (Å²) in [4.78, 5) is 42.6. The van der Waals surface area contributed by atoms with E-state index in [1.54, 1.807) is 23.2 Å². The average Bonchev–Trinajstić information content (AvgIpc) is 3.29. The van der Waals surface area contributed by atoms with E-state index < -0.39 is 23.4 Å². The van der Waals surface area contributed by atoms with Crippen molar-refractivity contribution in [1.29, 1.82) is 0 Å². The molecule has 0 spiro atoms. The van der Waals surface area contributed by atoms with Crippen LogP contribution in [0.3, 0.4) is 0 Å². The first kappa shape index (κ1) is 24.8. The summed E-state index contributed by atoms with van der Waals surface area (Å²) in [6.07, 6.45) is 2.38. The molecular weight excluding hydrogens is 483 g/mol. The highest BCUT2D eigenvalue weighted by Gasteiger charge is 2.38. The number of nitrogens with zero attached hydrogens (tertiary/aromatic N) is 4. The SMILES string of the molecule is CCC1(n2nc(Nc3ccc(C(=O)N4CCOCC4)c(F)c3)c3c(=O)[nH]ccc32)CCN(C(=O)O)CC1. The first-order valence-corrected chi connectivity index (χ1v) is 12.4. The molecule has 37 heavy (non-hydrogen) atoms. The standard InChI is InChI=1S/C25H29FN6O5/c1-2-25(6-9-31(10-7-25)24(35)36)32-19-5-8-27-22(33)20(19)21(29-32)28-16-3-4-17(18(26)15-16)23(34)30-11-13-37-14-12-30/h3-5,8,15H,2,6-7,9-14H2,1H3,(H,27,33)(H,28,29)(H,35,36). The number of hydrogen-bond acceptors (Lipinski definition) is 6. The minimum Gasteiger partial charge on any atom is -0.465 e. The highest BCUT2D eigenvalue weighted by atomic mass is 19.1. The van der Waals surface area contributed by atoms with Gasteiger partial charge in [-0.2, -0.15) is 5.10 Å². The number of aromatic nitrogens is 3. The number of fused-ring (bicyclic) bond motifs is 1. The smallest absolute Gasteiger partial charge is 0.407 e. The van der Waals surface area contributed by atoms with Crippen LogP contribution in [-0.4, -0.2) is 81.1 Å². The fraction of sp³-hybridized carbons (Fsp3) is 0.440. The van der Waals surface area contributed by atoms with Crippen LogP contribution >= 0.6 is 0 Å². The number of rotatable bonds is 5. The zero-order valence-corrected chi connectivity index (χ0v) is 20.5. The van der Waals surface area contributed by atoms with E-state index in [-0.39, 0.29) is 16.9 Å². The second-order valence-electron chi connectivity index (χ2n) is 9.40. The highest BCUT2D eigenvalue weighted by Crippen LogP contribution is 2.37. The fourth-order valence-electron chi connectivity index (χ4n) is 5.20. The quantitative estimate of drug-likeness (QED) is 0.479. The molecule has 0 saturated carbocycles. The molecule has 0 aliphatic carbocycles. The Balaban J connectivity index is 1.47. The molecular formula is C25H29FN6O5. The molecule has 3 N–H and O–H groups in total. The maximum absolute atomic E-state index is 15.0. The number of likely N-dealkylation sites (tertiary alicyclic amines) is 1. The van der Waals surface area contributed by atoms with E-state index in [1.165, 1.54) is 17.0 Å². The summed E-state index contributed by atoms with van der Waals surface area (Å²) in [7, 11) is 0. The Kier molecular flexibility index (Phi) is 6.59. The number of ether oxygens (including phenoxy) is 1. The third kappa shape index (κ3) is 4.52. The molecule has 2 aliphatic rings. The van der Waals surface area contributed by atoms with E-state index in [2.05, 4.69) is 10.3 Å². The van der Waals surface area contributed by atoms with Crippen molar-refractivity contribution in [3.63, 3.8) is 0 Å². The number of benzene rings is 1.